The van der Waals surface area contributed by atoms with E-state index in [2.05, 4.69) is 24.3 Å². The molecule has 4 heteroatoms. The lowest BCUT2D eigenvalue weighted by atomic mass is 9.53. The van der Waals surface area contributed by atoms with Crippen LogP contribution in [-0.4, -0.2) is 11.8 Å². The summed E-state index contributed by atoms with van der Waals surface area (Å²) in [4.78, 5) is 33.5. The first kappa shape index (κ1) is 22.7. The Morgan fingerprint density at radius 2 is 1.08 bits per heavy atom. The van der Waals surface area contributed by atoms with E-state index in [1.807, 2.05) is 107 Å². The van der Waals surface area contributed by atoms with Crippen molar-refractivity contribution in [3.05, 3.63) is 144 Å². The molecule has 38 heavy (non-hydrogen) atoms. The molecule has 0 radical (unpaired) electrons. The maximum atomic E-state index is 14.8. The van der Waals surface area contributed by atoms with Crippen molar-refractivity contribution in [1.82, 2.24) is 0 Å². The molecule has 2 heterocycles. The first-order chi connectivity index (χ1) is 18.7. The highest BCUT2D eigenvalue weighted by Crippen LogP contribution is 2.62. The number of hydrogen-bond donors (Lipinski definition) is 0. The lowest BCUT2D eigenvalue weighted by Crippen LogP contribution is -2.59. The van der Waals surface area contributed by atoms with Crippen LogP contribution in [0.1, 0.15) is 35.1 Å². The molecule has 0 N–H and O–H groups in total. The Kier molecular flexibility index (Phi) is 5.12. The zero-order chi connectivity index (χ0) is 25.7. The van der Waals surface area contributed by atoms with Gasteiger partial charge in [0.15, 0.2) is 0 Å². The van der Waals surface area contributed by atoms with E-state index >= 15 is 0 Å². The molecule has 1 aliphatic carbocycles. The summed E-state index contributed by atoms with van der Waals surface area (Å²) >= 11 is 0. The number of hydrogen-bond acceptors (Lipinski definition) is 2. The lowest BCUT2D eigenvalue weighted by Gasteiger charge is -2.45. The van der Waals surface area contributed by atoms with Crippen molar-refractivity contribution in [3.8, 4) is 0 Å². The number of fused-ring (bicyclic) bond motifs is 5. The minimum atomic E-state index is -1.10. The summed E-state index contributed by atoms with van der Waals surface area (Å²) in [5.41, 5.74) is 3.68. The first-order valence-corrected chi connectivity index (χ1v) is 13.3. The number of nitrogens with zero attached hydrogens (tertiary/aromatic N) is 2. The molecule has 4 nitrogen and oxygen atoms in total. The van der Waals surface area contributed by atoms with Gasteiger partial charge in [0.2, 0.25) is 11.8 Å². The van der Waals surface area contributed by atoms with Gasteiger partial charge in [-0.25, -0.2) is 0 Å². The van der Waals surface area contributed by atoms with Crippen LogP contribution < -0.4 is 9.80 Å². The molecule has 0 fully saturated rings. The number of amides is 2. The van der Waals surface area contributed by atoms with Crippen molar-refractivity contribution < 1.29 is 9.59 Å². The van der Waals surface area contributed by atoms with Gasteiger partial charge < -0.3 is 9.80 Å². The molecule has 2 atom stereocenters. The summed E-state index contributed by atoms with van der Waals surface area (Å²) < 4.78 is 0. The van der Waals surface area contributed by atoms with E-state index in [9.17, 15) is 9.59 Å². The van der Waals surface area contributed by atoms with Gasteiger partial charge in [-0.05, 0) is 47.2 Å². The highest BCUT2D eigenvalue weighted by molar-refractivity contribution is 6.20. The molecule has 3 aliphatic rings. The van der Waals surface area contributed by atoms with Crippen molar-refractivity contribution in [2.24, 2.45) is 0 Å². The molecule has 0 aromatic heterocycles. The second-order valence-electron chi connectivity index (χ2n) is 10.4. The molecular weight excluding hydrogens is 468 g/mol. The van der Waals surface area contributed by atoms with Crippen LogP contribution in [0.25, 0.3) is 0 Å². The van der Waals surface area contributed by atoms with Gasteiger partial charge in [0.1, 0.15) is 5.41 Å². The van der Waals surface area contributed by atoms with Gasteiger partial charge >= 0.3 is 0 Å². The number of carbonyl (C=O) groups excluding carboxylic acids is 2. The van der Waals surface area contributed by atoms with Crippen LogP contribution in [-0.2, 0) is 33.5 Å². The van der Waals surface area contributed by atoms with E-state index in [0.717, 1.165) is 40.0 Å². The summed E-state index contributed by atoms with van der Waals surface area (Å²) in [6.45, 7) is 0.938. The average molecular weight is 497 g/mol. The molecular formula is C34H28N2O2. The summed E-state index contributed by atoms with van der Waals surface area (Å²) in [6.07, 6.45) is 5.48. The number of allylic oxidation sites excluding steroid dienone is 1. The Hall–Kier alpha value is -4.44. The SMILES string of the molecule is O=C1N(Cc2ccccc2)c2ccccc2[C@]12C=CCC[C@@]21C(=O)N(Cc2ccccc2)c2ccccc21. The number of para-hydroxylation sites is 2. The van der Waals surface area contributed by atoms with E-state index < -0.39 is 10.8 Å². The Bertz CT molecular complexity index is 1580. The van der Waals surface area contributed by atoms with Crippen molar-refractivity contribution in [2.75, 3.05) is 9.80 Å². The van der Waals surface area contributed by atoms with Crippen molar-refractivity contribution in [3.63, 3.8) is 0 Å². The van der Waals surface area contributed by atoms with Gasteiger partial charge in [-0.2, -0.15) is 0 Å². The maximum absolute atomic E-state index is 14.8. The zero-order valence-electron chi connectivity index (χ0n) is 21.1. The molecule has 7 rings (SSSR count). The molecule has 2 spiro atoms. The third-order valence-electron chi connectivity index (χ3n) is 8.56. The van der Waals surface area contributed by atoms with E-state index in [0.29, 0.717) is 19.5 Å². The third kappa shape index (κ3) is 2.97. The van der Waals surface area contributed by atoms with Crippen LogP contribution in [0.3, 0.4) is 0 Å². The van der Waals surface area contributed by atoms with Crippen LogP contribution in [0.5, 0.6) is 0 Å². The van der Waals surface area contributed by atoms with Crippen LogP contribution in [0.15, 0.2) is 121 Å². The third-order valence-corrected chi connectivity index (χ3v) is 8.56. The Labute approximate surface area is 222 Å². The van der Waals surface area contributed by atoms with Gasteiger partial charge in [0, 0.05) is 11.4 Å². The van der Waals surface area contributed by atoms with Gasteiger partial charge in [0.25, 0.3) is 0 Å². The molecule has 2 aliphatic heterocycles. The lowest BCUT2D eigenvalue weighted by molar-refractivity contribution is -0.133. The van der Waals surface area contributed by atoms with Crippen LogP contribution in [0.2, 0.25) is 0 Å². The molecule has 0 unspecified atom stereocenters. The fraction of sp³-hybridized carbons (Fsp3) is 0.176. The number of carbonyl (C=O) groups is 2. The molecule has 0 bridgehead atoms. The summed E-state index contributed by atoms with van der Waals surface area (Å²) in [5, 5.41) is 0. The zero-order valence-corrected chi connectivity index (χ0v) is 21.1. The van der Waals surface area contributed by atoms with E-state index in [1.165, 1.54) is 0 Å². The minimum absolute atomic E-state index is 0.0108. The molecule has 0 saturated heterocycles. The summed E-state index contributed by atoms with van der Waals surface area (Å²) in [6, 6.07) is 36.3. The van der Waals surface area contributed by atoms with Crippen LogP contribution in [0.4, 0.5) is 11.4 Å². The Balaban J connectivity index is 1.43. The summed E-state index contributed by atoms with van der Waals surface area (Å²) in [7, 11) is 0. The van der Waals surface area contributed by atoms with Gasteiger partial charge in [-0.1, -0.05) is 109 Å². The topological polar surface area (TPSA) is 40.6 Å². The normalized spacial score (nSPS) is 23.4. The second-order valence-corrected chi connectivity index (χ2v) is 10.4. The molecule has 2 amide bonds. The largest absolute Gasteiger partial charge is 0.307 e. The van der Waals surface area contributed by atoms with Gasteiger partial charge in [0.05, 0.1) is 18.5 Å². The van der Waals surface area contributed by atoms with E-state index in [1.54, 1.807) is 0 Å². The van der Waals surface area contributed by atoms with Crippen molar-refractivity contribution in [2.45, 2.75) is 36.8 Å². The predicted molar refractivity (Wildman–Crippen MR) is 150 cm³/mol. The maximum Gasteiger partial charge on any atom is 0.243 e. The second kappa shape index (κ2) is 8.56. The van der Waals surface area contributed by atoms with Crippen molar-refractivity contribution in [1.29, 1.82) is 0 Å². The van der Waals surface area contributed by atoms with E-state index in [4.69, 9.17) is 0 Å². The fourth-order valence-electron chi connectivity index (χ4n) is 6.95. The highest BCUT2D eigenvalue weighted by atomic mass is 16.2. The van der Waals surface area contributed by atoms with Crippen molar-refractivity contribution >= 4 is 23.2 Å². The Morgan fingerprint density at radius 3 is 1.71 bits per heavy atom. The number of benzene rings is 4. The standard InChI is InChI=1S/C34H28N2O2/c37-31-33(27-17-7-9-19-29(27)35(31)23-25-13-3-1-4-14-25)21-11-12-22-34(33)28-18-8-10-20-30(28)36(32(34)38)24-26-15-5-2-6-16-26/h1-11,13-21H,12,22-24H2/t33-,34-/m1/s1. The molecule has 4 aromatic carbocycles. The Morgan fingerprint density at radius 1 is 0.579 bits per heavy atom. The highest BCUT2D eigenvalue weighted by Gasteiger charge is 2.69. The first-order valence-electron chi connectivity index (χ1n) is 13.3. The van der Waals surface area contributed by atoms with Crippen LogP contribution >= 0.6 is 0 Å². The van der Waals surface area contributed by atoms with Crippen LogP contribution in [0, 0.1) is 0 Å². The van der Waals surface area contributed by atoms with Gasteiger partial charge in [-0.15, -0.1) is 0 Å². The summed E-state index contributed by atoms with van der Waals surface area (Å²) in [5.74, 6) is -0.0140. The van der Waals surface area contributed by atoms with E-state index in [-0.39, 0.29) is 11.8 Å². The molecule has 0 saturated carbocycles. The minimum Gasteiger partial charge on any atom is -0.307 e. The molecule has 186 valence electrons. The monoisotopic (exact) mass is 496 g/mol. The smallest absolute Gasteiger partial charge is 0.243 e. The quantitative estimate of drug-likeness (QED) is 0.311. The molecule has 4 aromatic rings. The fourth-order valence-corrected chi connectivity index (χ4v) is 6.95. The van der Waals surface area contributed by atoms with Gasteiger partial charge in [-0.3, -0.25) is 9.59 Å². The number of anilines is 2. The predicted octanol–water partition coefficient (Wildman–Crippen LogP) is 6.31. The number of rotatable bonds is 4. The average Bonchev–Trinajstić information content (AvgIpc) is 3.34.